The van der Waals surface area contributed by atoms with Gasteiger partial charge in [0.05, 0.1) is 27.4 Å². The molecule has 1 aromatic rings. The van der Waals surface area contributed by atoms with Gasteiger partial charge in [-0.05, 0) is 6.07 Å². The lowest BCUT2D eigenvalue weighted by Gasteiger charge is -2.21. The molecule has 0 aromatic heterocycles. The van der Waals surface area contributed by atoms with E-state index in [-0.39, 0.29) is 29.5 Å². The van der Waals surface area contributed by atoms with Crippen LogP contribution in [0, 0.1) is 0 Å². The number of aliphatic hydroxyl groups is 1. The molecule has 3 N–H and O–H groups in total. The zero-order valence-corrected chi connectivity index (χ0v) is 13.1. The van der Waals surface area contributed by atoms with E-state index < -0.39 is 24.7 Å². The van der Waals surface area contributed by atoms with E-state index in [0.717, 1.165) is 0 Å². The Morgan fingerprint density at radius 3 is 1.91 bits per heavy atom. The number of hydrogen-bond acceptors (Lipinski definition) is 5. The molecule has 0 saturated carbocycles. The molecule has 0 aliphatic rings. The molecule has 0 heterocycles. The van der Waals surface area contributed by atoms with Crippen LogP contribution in [0.4, 0.5) is 13.2 Å². The number of aliphatic hydroxyl groups excluding tert-OH is 1. The molecule has 0 fully saturated rings. The lowest BCUT2D eigenvalue weighted by atomic mass is 10.0. The largest absolute Gasteiger partial charge is 0.496 e. The van der Waals surface area contributed by atoms with Gasteiger partial charge in [-0.2, -0.15) is 13.2 Å². The normalized spacial score (nSPS) is 13.8. The molecular formula is C13H19ClF3NO4. The molecule has 1 rings (SSSR count). The topological polar surface area (TPSA) is 73.9 Å². The molecule has 0 aliphatic carbocycles. The number of rotatable bonds is 6. The summed E-state index contributed by atoms with van der Waals surface area (Å²) in [6.07, 6.45) is -6.71. The van der Waals surface area contributed by atoms with Crippen molar-refractivity contribution in [2.75, 3.05) is 21.3 Å². The van der Waals surface area contributed by atoms with Crippen molar-refractivity contribution in [3.8, 4) is 17.2 Å². The first-order valence-corrected chi connectivity index (χ1v) is 6.04. The number of hydrogen-bond donors (Lipinski definition) is 2. The highest BCUT2D eigenvalue weighted by Gasteiger charge is 2.38. The second-order valence-electron chi connectivity index (χ2n) is 4.35. The first kappa shape index (κ1) is 20.6. The molecule has 0 unspecified atom stereocenters. The summed E-state index contributed by atoms with van der Waals surface area (Å²) in [5.74, 6) is 0.799. The Kier molecular flexibility index (Phi) is 7.78. The smallest absolute Gasteiger partial charge is 0.403 e. The minimum atomic E-state index is -4.58. The van der Waals surface area contributed by atoms with E-state index in [9.17, 15) is 18.3 Å². The summed E-state index contributed by atoms with van der Waals surface area (Å²) in [6.45, 7) is 0. The molecule has 0 bridgehead atoms. The predicted molar refractivity (Wildman–Crippen MR) is 77.0 cm³/mol. The van der Waals surface area contributed by atoms with Crippen LogP contribution >= 0.6 is 12.4 Å². The fourth-order valence-corrected chi connectivity index (χ4v) is 1.81. The van der Waals surface area contributed by atoms with Crippen molar-refractivity contribution < 1.29 is 32.5 Å². The van der Waals surface area contributed by atoms with Gasteiger partial charge in [0.2, 0.25) is 0 Å². The molecule has 0 saturated heterocycles. The van der Waals surface area contributed by atoms with Crippen LogP contribution in [0.5, 0.6) is 17.2 Å². The van der Waals surface area contributed by atoms with Gasteiger partial charge < -0.3 is 25.1 Å². The van der Waals surface area contributed by atoms with E-state index in [2.05, 4.69) is 0 Å². The standard InChI is InChI=1S/C13H18F3NO4.ClH/c1-19-9-6-11(21-3)10(20-2)4-7(9)8(18)5-12(17)13(14,15)16;/h4,6,8,12,18H,5,17H2,1-3H3;1H/t8-,12-;/m0./s1. The number of methoxy groups -OCH3 is 3. The molecule has 128 valence electrons. The summed E-state index contributed by atoms with van der Waals surface area (Å²) in [5.41, 5.74) is 5.17. The summed E-state index contributed by atoms with van der Waals surface area (Å²) >= 11 is 0. The van der Waals surface area contributed by atoms with Crippen molar-refractivity contribution >= 4 is 12.4 Å². The second-order valence-corrected chi connectivity index (χ2v) is 4.35. The summed E-state index contributed by atoms with van der Waals surface area (Å²) in [6, 6.07) is 0.660. The zero-order valence-electron chi connectivity index (χ0n) is 12.3. The van der Waals surface area contributed by atoms with Crippen LogP contribution in [-0.4, -0.2) is 38.7 Å². The highest BCUT2D eigenvalue weighted by atomic mass is 35.5. The Bertz CT molecular complexity index is 485. The molecule has 22 heavy (non-hydrogen) atoms. The van der Waals surface area contributed by atoms with E-state index in [1.165, 1.54) is 33.5 Å². The van der Waals surface area contributed by atoms with Crippen molar-refractivity contribution in [2.24, 2.45) is 5.73 Å². The van der Waals surface area contributed by atoms with Gasteiger partial charge in [0.1, 0.15) is 11.8 Å². The monoisotopic (exact) mass is 345 g/mol. The van der Waals surface area contributed by atoms with Gasteiger partial charge in [0.15, 0.2) is 11.5 Å². The predicted octanol–water partition coefficient (Wildman–Crippen LogP) is 2.45. The van der Waals surface area contributed by atoms with Crippen molar-refractivity contribution in [1.82, 2.24) is 0 Å². The highest BCUT2D eigenvalue weighted by molar-refractivity contribution is 5.85. The van der Waals surface area contributed by atoms with Gasteiger partial charge in [-0.15, -0.1) is 12.4 Å². The minimum absolute atomic E-state index is 0. The maximum Gasteiger partial charge on any atom is 0.403 e. The lowest BCUT2D eigenvalue weighted by Crippen LogP contribution is -2.38. The SMILES string of the molecule is COc1cc(OC)c([C@@H](O)C[C@H](N)C(F)(F)F)cc1OC.Cl. The van der Waals surface area contributed by atoms with Crippen LogP contribution in [0.2, 0.25) is 0 Å². The summed E-state index contributed by atoms with van der Waals surface area (Å²) < 4.78 is 52.5. The Morgan fingerprint density at radius 1 is 1.05 bits per heavy atom. The maximum absolute atomic E-state index is 12.5. The fourth-order valence-electron chi connectivity index (χ4n) is 1.81. The van der Waals surface area contributed by atoms with E-state index in [0.29, 0.717) is 5.75 Å². The van der Waals surface area contributed by atoms with Gasteiger partial charge in [0.25, 0.3) is 0 Å². The molecule has 9 heteroatoms. The summed E-state index contributed by atoms with van der Waals surface area (Å²) in [4.78, 5) is 0. The third-order valence-electron chi connectivity index (χ3n) is 2.99. The molecular weight excluding hydrogens is 327 g/mol. The summed E-state index contributed by atoms with van der Waals surface area (Å²) in [5, 5.41) is 9.99. The minimum Gasteiger partial charge on any atom is -0.496 e. The fraction of sp³-hybridized carbons (Fsp3) is 0.538. The molecule has 0 radical (unpaired) electrons. The number of halogens is 4. The summed E-state index contributed by atoms with van der Waals surface area (Å²) in [7, 11) is 4.12. The Balaban J connectivity index is 0.00000441. The van der Waals surface area contributed by atoms with E-state index >= 15 is 0 Å². The van der Waals surface area contributed by atoms with Crippen LogP contribution in [0.25, 0.3) is 0 Å². The first-order valence-electron chi connectivity index (χ1n) is 6.04. The van der Waals surface area contributed by atoms with Crippen molar-refractivity contribution in [1.29, 1.82) is 0 Å². The van der Waals surface area contributed by atoms with E-state index in [1.54, 1.807) is 0 Å². The molecule has 2 atom stereocenters. The molecule has 5 nitrogen and oxygen atoms in total. The third-order valence-corrected chi connectivity index (χ3v) is 2.99. The maximum atomic E-state index is 12.5. The Hall–Kier alpha value is -1.38. The van der Waals surface area contributed by atoms with Crippen LogP contribution in [0.3, 0.4) is 0 Å². The van der Waals surface area contributed by atoms with Crippen LogP contribution in [0.15, 0.2) is 12.1 Å². The average molecular weight is 346 g/mol. The van der Waals surface area contributed by atoms with Gasteiger partial charge in [-0.3, -0.25) is 0 Å². The van der Waals surface area contributed by atoms with Crippen molar-refractivity contribution in [3.63, 3.8) is 0 Å². The molecule has 0 spiro atoms. The van der Waals surface area contributed by atoms with Crippen molar-refractivity contribution in [2.45, 2.75) is 24.7 Å². The van der Waals surface area contributed by atoms with Gasteiger partial charge in [-0.1, -0.05) is 0 Å². The molecule has 1 aromatic carbocycles. The average Bonchev–Trinajstić information content (AvgIpc) is 2.44. The van der Waals surface area contributed by atoms with Crippen LogP contribution < -0.4 is 19.9 Å². The zero-order chi connectivity index (χ0) is 16.2. The van der Waals surface area contributed by atoms with E-state index in [4.69, 9.17) is 19.9 Å². The Labute approximate surface area is 132 Å². The molecule has 0 amide bonds. The Morgan fingerprint density at radius 2 is 1.50 bits per heavy atom. The second kappa shape index (κ2) is 8.30. The number of nitrogens with two attached hydrogens (primary N) is 1. The van der Waals surface area contributed by atoms with Crippen LogP contribution in [-0.2, 0) is 0 Å². The lowest BCUT2D eigenvalue weighted by molar-refractivity contribution is -0.153. The number of benzene rings is 1. The first-order chi connectivity index (χ1) is 9.74. The van der Waals surface area contributed by atoms with Crippen molar-refractivity contribution in [3.05, 3.63) is 17.7 Å². The quantitative estimate of drug-likeness (QED) is 0.828. The number of ether oxygens (including phenoxy) is 3. The third kappa shape index (κ3) is 4.82. The van der Waals surface area contributed by atoms with Gasteiger partial charge in [0, 0.05) is 18.1 Å². The molecule has 0 aliphatic heterocycles. The van der Waals surface area contributed by atoms with Gasteiger partial charge in [-0.25, -0.2) is 0 Å². The van der Waals surface area contributed by atoms with Gasteiger partial charge >= 0.3 is 6.18 Å². The highest BCUT2D eigenvalue weighted by Crippen LogP contribution is 2.39. The number of alkyl halides is 3. The van der Waals surface area contributed by atoms with Crippen LogP contribution in [0.1, 0.15) is 18.1 Å². The van der Waals surface area contributed by atoms with E-state index in [1.807, 2.05) is 0 Å².